The zero-order valence-corrected chi connectivity index (χ0v) is 10.9. The number of hydrogen-bond acceptors (Lipinski definition) is 5. The van der Waals surface area contributed by atoms with Gasteiger partial charge >= 0.3 is 0 Å². The van der Waals surface area contributed by atoms with Crippen LogP contribution in [0.15, 0.2) is 6.33 Å². The average Bonchev–Trinajstić information content (AvgIpc) is 2.59. The van der Waals surface area contributed by atoms with Crippen LogP contribution in [-0.2, 0) is 0 Å². The van der Waals surface area contributed by atoms with E-state index in [4.69, 9.17) is 11.6 Å². The quantitative estimate of drug-likeness (QED) is 0.809. The lowest BCUT2D eigenvalue weighted by molar-refractivity contribution is 0.852. The number of nitrogens with zero attached hydrogens (tertiary/aromatic N) is 6. The molecule has 0 aliphatic carbocycles. The molecule has 0 aromatic carbocycles. The van der Waals surface area contributed by atoms with E-state index in [1.54, 1.807) is 15.8 Å². The fourth-order valence-electron chi connectivity index (χ4n) is 1.34. The van der Waals surface area contributed by atoms with Crippen molar-refractivity contribution in [2.24, 2.45) is 0 Å². The summed E-state index contributed by atoms with van der Waals surface area (Å²) in [6, 6.07) is 0. The molecule has 0 saturated carbocycles. The topological polar surface area (TPSA) is 59.7 Å². The van der Waals surface area contributed by atoms with Crippen LogP contribution < -0.4 is 4.90 Å². The third kappa shape index (κ3) is 2.21. The first-order chi connectivity index (χ1) is 7.99. The maximum Gasteiger partial charge on any atom is 0.241 e. The van der Waals surface area contributed by atoms with Gasteiger partial charge in [-0.3, -0.25) is 4.57 Å². The Balaban J connectivity index is 2.56. The minimum absolute atomic E-state index is 0.171. The van der Waals surface area contributed by atoms with Crippen molar-refractivity contribution in [1.29, 1.82) is 0 Å². The van der Waals surface area contributed by atoms with Gasteiger partial charge in [0.05, 0.1) is 5.69 Å². The van der Waals surface area contributed by atoms with Crippen LogP contribution in [0.5, 0.6) is 0 Å². The van der Waals surface area contributed by atoms with Gasteiger partial charge in [0.15, 0.2) is 0 Å². The van der Waals surface area contributed by atoms with Gasteiger partial charge < -0.3 is 4.90 Å². The fraction of sp³-hybridized carbons (Fsp3) is 0.400. The summed E-state index contributed by atoms with van der Waals surface area (Å²) in [6.07, 6.45) is 1.68. The zero-order chi connectivity index (χ0) is 12.6. The molecule has 0 fully saturated rings. The highest BCUT2D eigenvalue weighted by Crippen LogP contribution is 2.14. The van der Waals surface area contributed by atoms with Crippen LogP contribution in [0, 0.1) is 13.8 Å². The maximum atomic E-state index is 5.88. The van der Waals surface area contributed by atoms with E-state index in [1.165, 1.54) is 0 Å². The molecule has 2 heterocycles. The highest BCUT2D eigenvalue weighted by atomic mass is 35.5. The second kappa shape index (κ2) is 4.29. The Bertz CT molecular complexity index is 548. The molecule has 2 aromatic heterocycles. The lowest BCUT2D eigenvalue weighted by atomic mass is 10.4. The third-order valence-electron chi connectivity index (χ3n) is 2.45. The van der Waals surface area contributed by atoms with Gasteiger partial charge in [-0.15, -0.1) is 0 Å². The largest absolute Gasteiger partial charge is 0.347 e. The number of halogens is 1. The van der Waals surface area contributed by atoms with Crippen molar-refractivity contribution in [3.8, 4) is 5.95 Å². The molecule has 0 aliphatic rings. The van der Waals surface area contributed by atoms with Gasteiger partial charge in [0.1, 0.15) is 6.33 Å². The van der Waals surface area contributed by atoms with Crippen LogP contribution in [0.2, 0.25) is 5.28 Å². The van der Waals surface area contributed by atoms with E-state index in [0.717, 1.165) is 11.4 Å². The van der Waals surface area contributed by atoms with Gasteiger partial charge in [-0.25, -0.2) is 4.98 Å². The molecule has 0 unspecified atom stereocenters. The number of rotatable bonds is 2. The van der Waals surface area contributed by atoms with E-state index in [2.05, 4.69) is 19.9 Å². The SMILES string of the molecule is Cc1ncn(-c2nc(Cl)nc(N(C)C)n2)c1C. The first kappa shape index (κ1) is 11.8. The van der Waals surface area contributed by atoms with E-state index < -0.39 is 0 Å². The number of aryl methyl sites for hydroxylation is 1. The van der Waals surface area contributed by atoms with E-state index in [0.29, 0.717) is 11.9 Å². The predicted molar refractivity (Wildman–Crippen MR) is 65.8 cm³/mol. The van der Waals surface area contributed by atoms with Crippen LogP contribution in [-0.4, -0.2) is 38.6 Å². The maximum absolute atomic E-state index is 5.88. The minimum atomic E-state index is 0.171. The van der Waals surface area contributed by atoms with Crippen molar-refractivity contribution in [2.45, 2.75) is 13.8 Å². The molecule has 0 atom stereocenters. The lowest BCUT2D eigenvalue weighted by Crippen LogP contribution is -2.15. The molecule has 0 N–H and O–H groups in total. The standard InChI is InChI=1S/C10H13ClN6/c1-6-7(2)17(5-12-6)10-14-8(11)13-9(15-10)16(3)4/h5H,1-4H3. The van der Waals surface area contributed by atoms with E-state index >= 15 is 0 Å². The average molecular weight is 253 g/mol. The summed E-state index contributed by atoms with van der Waals surface area (Å²) < 4.78 is 1.79. The summed E-state index contributed by atoms with van der Waals surface area (Å²) in [4.78, 5) is 18.4. The summed E-state index contributed by atoms with van der Waals surface area (Å²) in [5.41, 5.74) is 1.92. The Morgan fingerprint density at radius 3 is 2.41 bits per heavy atom. The first-order valence-corrected chi connectivity index (χ1v) is 5.46. The molecule has 2 rings (SSSR count). The highest BCUT2D eigenvalue weighted by molar-refractivity contribution is 6.28. The van der Waals surface area contributed by atoms with E-state index in [1.807, 2.05) is 27.9 Å². The van der Waals surface area contributed by atoms with E-state index in [9.17, 15) is 0 Å². The molecule has 2 aromatic rings. The first-order valence-electron chi connectivity index (χ1n) is 5.09. The normalized spacial score (nSPS) is 10.6. The summed E-state index contributed by atoms with van der Waals surface area (Å²) in [5.74, 6) is 0.998. The van der Waals surface area contributed by atoms with Gasteiger partial charge in [0, 0.05) is 19.8 Å². The lowest BCUT2D eigenvalue weighted by Gasteiger charge is -2.11. The second-order valence-electron chi connectivity index (χ2n) is 3.88. The van der Waals surface area contributed by atoms with Crippen molar-refractivity contribution < 1.29 is 0 Å². The van der Waals surface area contributed by atoms with Crippen molar-refractivity contribution in [2.75, 3.05) is 19.0 Å². The Hall–Kier alpha value is -1.69. The van der Waals surface area contributed by atoms with Crippen LogP contribution in [0.25, 0.3) is 5.95 Å². The summed E-state index contributed by atoms with van der Waals surface area (Å²) >= 11 is 5.88. The van der Waals surface area contributed by atoms with Crippen molar-refractivity contribution >= 4 is 17.5 Å². The third-order valence-corrected chi connectivity index (χ3v) is 2.62. The molecule has 17 heavy (non-hydrogen) atoms. The Morgan fingerprint density at radius 2 is 1.88 bits per heavy atom. The highest BCUT2D eigenvalue weighted by Gasteiger charge is 2.11. The van der Waals surface area contributed by atoms with Crippen LogP contribution in [0.4, 0.5) is 5.95 Å². The monoisotopic (exact) mass is 252 g/mol. The van der Waals surface area contributed by atoms with Crippen molar-refractivity contribution in [3.05, 3.63) is 23.0 Å². The Labute approximate surface area is 104 Å². The van der Waals surface area contributed by atoms with Crippen LogP contribution in [0.1, 0.15) is 11.4 Å². The molecule has 6 nitrogen and oxygen atoms in total. The number of hydrogen-bond donors (Lipinski definition) is 0. The zero-order valence-electron chi connectivity index (χ0n) is 10.1. The fourth-order valence-corrected chi connectivity index (χ4v) is 1.49. The van der Waals surface area contributed by atoms with Gasteiger partial charge in [-0.2, -0.15) is 15.0 Å². The molecule has 0 saturated heterocycles. The molecule has 0 amide bonds. The van der Waals surface area contributed by atoms with Gasteiger partial charge in [-0.1, -0.05) is 0 Å². The molecular weight excluding hydrogens is 240 g/mol. The second-order valence-corrected chi connectivity index (χ2v) is 4.22. The minimum Gasteiger partial charge on any atom is -0.347 e. The summed E-state index contributed by atoms with van der Waals surface area (Å²) in [6.45, 7) is 3.89. The summed E-state index contributed by atoms with van der Waals surface area (Å²) in [7, 11) is 3.70. The smallest absolute Gasteiger partial charge is 0.241 e. The molecular formula is C10H13ClN6. The van der Waals surface area contributed by atoms with Crippen molar-refractivity contribution in [3.63, 3.8) is 0 Å². The Kier molecular flexibility index (Phi) is 2.97. The summed E-state index contributed by atoms with van der Waals surface area (Å²) in [5, 5.41) is 0.171. The number of aromatic nitrogens is 5. The number of anilines is 1. The molecule has 7 heteroatoms. The van der Waals surface area contributed by atoms with Crippen molar-refractivity contribution in [1.82, 2.24) is 24.5 Å². The molecule has 0 bridgehead atoms. The van der Waals surface area contributed by atoms with Gasteiger partial charge in [-0.05, 0) is 25.4 Å². The molecule has 0 aliphatic heterocycles. The number of imidazole rings is 1. The van der Waals surface area contributed by atoms with Crippen LogP contribution in [0.3, 0.4) is 0 Å². The molecule has 90 valence electrons. The van der Waals surface area contributed by atoms with Gasteiger partial charge in [0.2, 0.25) is 17.2 Å². The van der Waals surface area contributed by atoms with Gasteiger partial charge in [0.25, 0.3) is 0 Å². The Morgan fingerprint density at radius 1 is 1.18 bits per heavy atom. The molecule has 0 spiro atoms. The van der Waals surface area contributed by atoms with E-state index in [-0.39, 0.29) is 5.28 Å². The predicted octanol–water partition coefficient (Wildman–Crippen LogP) is 1.39. The molecule has 0 radical (unpaired) electrons. The van der Waals surface area contributed by atoms with Crippen LogP contribution >= 0.6 is 11.6 Å².